The molecule has 0 saturated carbocycles. The molecular formula is C18H29ClIN3O3. The number of nitrogens with zero attached hydrogens (tertiary/aromatic N) is 1. The molecule has 0 aliphatic carbocycles. The Morgan fingerprint density at radius 2 is 2.12 bits per heavy atom. The lowest BCUT2D eigenvalue weighted by atomic mass is 9.84. The fourth-order valence-electron chi connectivity index (χ4n) is 2.83. The van der Waals surface area contributed by atoms with Crippen LogP contribution in [0.1, 0.15) is 19.8 Å². The highest BCUT2D eigenvalue weighted by atomic mass is 127. The van der Waals surface area contributed by atoms with Gasteiger partial charge in [-0.05, 0) is 44.0 Å². The molecule has 1 heterocycles. The van der Waals surface area contributed by atoms with Crippen LogP contribution in [0.2, 0.25) is 5.02 Å². The topological polar surface area (TPSA) is 75.1 Å². The Kier molecular flexibility index (Phi) is 10.6. The first-order valence-corrected chi connectivity index (χ1v) is 9.00. The molecule has 1 aliphatic rings. The Hall–Kier alpha value is -0.770. The Labute approximate surface area is 177 Å². The van der Waals surface area contributed by atoms with E-state index < -0.39 is 0 Å². The van der Waals surface area contributed by atoms with Crippen molar-refractivity contribution in [1.29, 1.82) is 0 Å². The monoisotopic (exact) mass is 497 g/mol. The minimum atomic E-state index is -0.0269. The Morgan fingerprint density at radius 3 is 2.69 bits per heavy atom. The largest absolute Gasteiger partial charge is 0.489 e. The highest BCUT2D eigenvalue weighted by Crippen LogP contribution is 2.31. The lowest BCUT2D eigenvalue weighted by Crippen LogP contribution is -2.46. The van der Waals surface area contributed by atoms with Crippen molar-refractivity contribution in [2.75, 3.05) is 40.0 Å². The van der Waals surface area contributed by atoms with Crippen LogP contribution in [0.25, 0.3) is 0 Å². The summed E-state index contributed by atoms with van der Waals surface area (Å²) >= 11 is 5.88. The number of nitrogens with one attached hydrogen (secondary N) is 2. The molecule has 0 spiro atoms. The molecule has 1 aromatic rings. The van der Waals surface area contributed by atoms with Crippen molar-refractivity contribution in [3.63, 3.8) is 0 Å². The van der Waals surface area contributed by atoms with Crippen LogP contribution in [0.3, 0.4) is 0 Å². The first-order valence-electron chi connectivity index (χ1n) is 8.62. The van der Waals surface area contributed by atoms with Crippen molar-refractivity contribution < 1.29 is 14.6 Å². The lowest BCUT2D eigenvalue weighted by Gasteiger charge is -2.28. The van der Waals surface area contributed by atoms with Gasteiger partial charge < -0.3 is 25.2 Å². The minimum absolute atomic E-state index is 0. The van der Waals surface area contributed by atoms with E-state index in [1.54, 1.807) is 7.05 Å². The summed E-state index contributed by atoms with van der Waals surface area (Å²) in [6.07, 6.45) is 1.65. The van der Waals surface area contributed by atoms with E-state index in [9.17, 15) is 5.11 Å². The fraction of sp³-hybridized carbons (Fsp3) is 0.611. The third-order valence-corrected chi connectivity index (χ3v) is 4.64. The maximum Gasteiger partial charge on any atom is 0.191 e. The molecule has 0 aromatic heterocycles. The van der Waals surface area contributed by atoms with Crippen LogP contribution in [-0.4, -0.2) is 57.1 Å². The molecule has 26 heavy (non-hydrogen) atoms. The third kappa shape index (κ3) is 7.46. The molecule has 1 aliphatic heterocycles. The molecule has 0 bridgehead atoms. The summed E-state index contributed by atoms with van der Waals surface area (Å²) in [6.45, 7) is 4.93. The highest BCUT2D eigenvalue weighted by molar-refractivity contribution is 14.0. The van der Waals surface area contributed by atoms with Crippen LogP contribution in [-0.2, 0) is 4.74 Å². The van der Waals surface area contributed by atoms with E-state index in [4.69, 9.17) is 21.1 Å². The first kappa shape index (κ1) is 23.3. The molecule has 2 atom stereocenters. The number of hydrogen-bond donors (Lipinski definition) is 3. The molecule has 3 N–H and O–H groups in total. The van der Waals surface area contributed by atoms with Gasteiger partial charge in [-0.3, -0.25) is 4.99 Å². The van der Waals surface area contributed by atoms with Crippen molar-refractivity contribution in [1.82, 2.24) is 10.6 Å². The van der Waals surface area contributed by atoms with E-state index in [1.807, 2.05) is 31.2 Å². The number of aliphatic imine (C=N–C) groups is 1. The van der Waals surface area contributed by atoms with Gasteiger partial charge >= 0.3 is 0 Å². The van der Waals surface area contributed by atoms with Crippen molar-refractivity contribution in [3.05, 3.63) is 29.3 Å². The molecule has 2 unspecified atom stereocenters. The Morgan fingerprint density at radius 1 is 1.38 bits per heavy atom. The number of aliphatic hydroxyl groups is 1. The van der Waals surface area contributed by atoms with E-state index in [0.29, 0.717) is 18.2 Å². The summed E-state index contributed by atoms with van der Waals surface area (Å²) in [5.41, 5.74) is -0.0161. The zero-order valence-electron chi connectivity index (χ0n) is 15.3. The van der Waals surface area contributed by atoms with E-state index in [1.165, 1.54) is 0 Å². The second-order valence-corrected chi connectivity index (χ2v) is 6.90. The number of guanidine groups is 1. The third-order valence-electron chi connectivity index (χ3n) is 4.39. The summed E-state index contributed by atoms with van der Waals surface area (Å²) in [4.78, 5) is 4.25. The molecule has 1 fully saturated rings. The molecule has 0 amide bonds. The summed E-state index contributed by atoms with van der Waals surface area (Å²) in [6, 6.07) is 7.32. The van der Waals surface area contributed by atoms with Crippen molar-refractivity contribution in [2.24, 2.45) is 10.4 Å². The summed E-state index contributed by atoms with van der Waals surface area (Å²) in [5.74, 6) is 1.50. The van der Waals surface area contributed by atoms with E-state index in [2.05, 4.69) is 15.6 Å². The average molecular weight is 498 g/mol. The van der Waals surface area contributed by atoms with Crippen LogP contribution < -0.4 is 15.4 Å². The number of aliphatic hydroxyl groups excluding tert-OH is 1. The van der Waals surface area contributed by atoms with Crippen LogP contribution in [0.5, 0.6) is 5.75 Å². The van der Waals surface area contributed by atoms with Crippen molar-refractivity contribution in [2.45, 2.75) is 25.9 Å². The van der Waals surface area contributed by atoms with Gasteiger partial charge in [-0.15, -0.1) is 24.0 Å². The predicted octanol–water partition coefficient (Wildman–Crippen LogP) is 2.68. The standard InChI is InChI=1S/C18H28ClN3O3.HI/c1-14(25-16-5-3-15(19)4-6-16)11-21-17(20-2)22-12-18(7-9-23)8-10-24-13-18;/h3-6,14,23H,7-13H2,1-2H3,(H2,20,21,22);1H. The van der Waals surface area contributed by atoms with Crippen LogP contribution >= 0.6 is 35.6 Å². The number of halogens is 2. The van der Waals surface area contributed by atoms with Crippen molar-refractivity contribution in [3.8, 4) is 5.75 Å². The van der Waals surface area contributed by atoms with Gasteiger partial charge in [-0.2, -0.15) is 0 Å². The number of rotatable bonds is 8. The molecule has 2 rings (SSSR count). The Balaban J connectivity index is 0.00000338. The average Bonchev–Trinajstić information content (AvgIpc) is 3.06. The molecule has 0 radical (unpaired) electrons. The Bertz CT molecular complexity index is 551. The normalized spacial score (nSPS) is 21.0. The molecular weight excluding hydrogens is 469 g/mol. The SMILES string of the molecule is CN=C(NCC(C)Oc1ccc(Cl)cc1)NCC1(CCO)CCOC1.I. The zero-order chi connectivity index (χ0) is 18.1. The molecule has 1 aromatic carbocycles. The van der Waals surface area contributed by atoms with E-state index >= 15 is 0 Å². The van der Waals surface area contributed by atoms with Crippen LogP contribution in [0.15, 0.2) is 29.3 Å². The van der Waals surface area contributed by atoms with Gasteiger partial charge in [0.05, 0.1) is 13.2 Å². The van der Waals surface area contributed by atoms with Crippen molar-refractivity contribution >= 4 is 41.5 Å². The van der Waals surface area contributed by atoms with Gasteiger partial charge in [-0.1, -0.05) is 11.6 Å². The van der Waals surface area contributed by atoms with Gasteiger partial charge in [-0.25, -0.2) is 0 Å². The zero-order valence-corrected chi connectivity index (χ0v) is 18.4. The highest BCUT2D eigenvalue weighted by Gasteiger charge is 2.34. The fourth-order valence-corrected chi connectivity index (χ4v) is 2.96. The number of hydrogen-bond acceptors (Lipinski definition) is 4. The smallest absolute Gasteiger partial charge is 0.191 e. The first-order chi connectivity index (χ1) is 12.1. The number of benzene rings is 1. The van der Waals surface area contributed by atoms with E-state index in [-0.39, 0.29) is 42.1 Å². The summed E-state index contributed by atoms with van der Waals surface area (Å²) in [7, 11) is 1.74. The molecule has 8 heteroatoms. The second kappa shape index (κ2) is 11.8. The van der Waals surface area contributed by atoms with Crippen LogP contribution in [0.4, 0.5) is 0 Å². The summed E-state index contributed by atoms with van der Waals surface area (Å²) in [5, 5.41) is 16.6. The lowest BCUT2D eigenvalue weighted by molar-refractivity contribution is 0.127. The van der Waals surface area contributed by atoms with Gasteiger partial charge in [0, 0.05) is 37.2 Å². The molecule has 6 nitrogen and oxygen atoms in total. The van der Waals surface area contributed by atoms with Gasteiger partial charge in [0.1, 0.15) is 11.9 Å². The predicted molar refractivity (Wildman–Crippen MR) is 116 cm³/mol. The van der Waals surface area contributed by atoms with Gasteiger partial charge in [0.2, 0.25) is 0 Å². The van der Waals surface area contributed by atoms with Gasteiger partial charge in [0.25, 0.3) is 0 Å². The van der Waals surface area contributed by atoms with E-state index in [0.717, 1.165) is 37.7 Å². The van der Waals surface area contributed by atoms with Gasteiger partial charge in [0.15, 0.2) is 5.96 Å². The maximum atomic E-state index is 9.29. The maximum absolute atomic E-state index is 9.29. The molecule has 148 valence electrons. The molecule has 1 saturated heterocycles. The summed E-state index contributed by atoms with van der Waals surface area (Å²) < 4.78 is 11.4. The minimum Gasteiger partial charge on any atom is -0.489 e. The number of ether oxygens (including phenoxy) is 2. The second-order valence-electron chi connectivity index (χ2n) is 6.47. The van der Waals surface area contributed by atoms with Crippen LogP contribution in [0, 0.1) is 5.41 Å². The quantitative estimate of drug-likeness (QED) is 0.293.